The minimum Gasteiger partial charge on any atom is -0.341 e. The van der Waals surface area contributed by atoms with Gasteiger partial charge in [0.15, 0.2) is 0 Å². The lowest BCUT2D eigenvalue weighted by atomic mass is 9.90. The van der Waals surface area contributed by atoms with E-state index in [9.17, 15) is 13.2 Å². The number of nitrogens with zero attached hydrogens (tertiary/aromatic N) is 2. The Labute approximate surface area is 168 Å². The molecule has 0 bridgehead atoms. The number of carbonyl (C=O) groups is 1. The molecule has 5 nitrogen and oxygen atoms in total. The van der Waals surface area contributed by atoms with Crippen molar-refractivity contribution in [1.82, 2.24) is 4.90 Å². The monoisotopic (exact) mass is 400 g/mol. The second kappa shape index (κ2) is 8.78. The molecule has 0 aromatic heterocycles. The van der Waals surface area contributed by atoms with E-state index in [2.05, 4.69) is 24.3 Å². The van der Waals surface area contributed by atoms with Gasteiger partial charge in [-0.1, -0.05) is 48.5 Å². The fourth-order valence-electron chi connectivity index (χ4n) is 3.95. The minimum absolute atomic E-state index is 0.132. The molecule has 0 aliphatic carbocycles. The third-order valence-corrected chi connectivity index (χ3v) is 6.61. The summed E-state index contributed by atoms with van der Waals surface area (Å²) >= 11 is 0. The summed E-state index contributed by atoms with van der Waals surface area (Å²) in [4.78, 5) is 14.9. The second-order valence-corrected chi connectivity index (χ2v) is 9.39. The SMILES string of the molecule is C[C@@H](C(=O)N1CCC(Cc2ccccc2)CC1)N(c1ccccc1)S(C)(=O)=O. The van der Waals surface area contributed by atoms with Crippen LogP contribution in [0.4, 0.5) is 5.69 Å². The summed E-state index contributed by atoms with van der Waals surface area (Å²) in [5.74, 6) is 0.425. The summed E-state index contributed by atoms with van der Waals surface area (Å²) in [6.45, 7) is 3.02. The van der Waals surface area contributed by atoms with Crippen molar-refractivity contribution in [3.05, 3.63) is 66.2 Å². The predicted octanol–water partition coefficient (Wildman–Crippen LogP) is 3.32. The number of benzene rings is 2. The third-order valence-electron chi connectivity index (χ3n) is 5.37. The maximum Gasteiger partial charge on any atom is 0.246 e. The van der Waals surface area contributed by atoms with Crippen molar-refractivity contribution in [2.75, 3.05) is 23.7 Å². The molecule has 1 aliphatic rings. The van der Waals surface area contributed by atoms with Gasteiger partial charge in [0.25, 0.3) is 0 Å². The lowest BCUT2D eigenvalue weighted by molar-refractivity contribution is -0.133. The van der Waals surface area contributed by atoms with E-state index >= 15 is 0 Å². The first kappa shape index (κ1) is 20.4. The summed E-state index contributed by atoms with van der Waals surface area (Å²) in [5, 5.41) is 0. The molecule has 0 unspecified atom stereocenters. The lowest BCUT2D eigenvalue weighted by Crippen LogP contribution is -2.51. The van der Waals surface area contributed by atoms with Gasteiger partial charge in [0.05, 0.1) is 11.9 Å². The summed E-state index contributed by atoms with van der Waals surface area (Å²) in [6, 6.07) is 18.5. The number of carbonyl (C=O) groups excluding carboxylic acids is 1. The Balaban J connectivity index is 1.65. The number of likely N-dealkylation sites (tertiary alicyclic amines) is 1. The highest BCUT2D eigenvalue weighted by Gasteiger charge is 2.33. The molecule has 1 heterocycles. The second-order valence-electron chi connectivity index (χ2n) is 7.53. The molecule has 150 valence electrons. The van der Waals surface area contributed by atoms with Gasteiger partial charge < -0.3 is 4.90 Å². The smallest absolute Gasteiger partial charge is 0.246 e. The highest BCUT2D eigenvalue weighted by atomic mass is 32.2. The Bertz CT molecular complexity index is 877. The Morgan fingerprint density at radius 2 is 1.57 bits per heavy atom. The van der Waals surface area contributed by atoms with E-state index in [0.29, 0.717) is 24.7 Å². The number of hydrogen-bond donors (Lipinski definition) is 0. The van der Waals surface area contributed by atoms with Crippen molar-refractivity contribution >= 4 is 21.6 Å². The topological polar surface area (TPSA) is 57.7 Å². The van der Waals surface area contributed by atoms with Crippen LogP contribution in [-0.4, -0.2) is 44.6 Å². The number of anilines is 1. The number of piperidine rings is 1. The van der Waals surface area contributed by atoms with E-state index in [1.54, 1.807) is 31.2 Å². The molecule has 0 radical (unpaired) electrons. The average molecular weight is 401 g/mol. The van der Waals surface area contributed by atoms with Crippen LogP contribution in [0.1, 0.15) is 25.3 Å². The predicted molar refractivity (Wildman–Crippen MR) is 113 cm³/mol. The molecule has 1 amide bonds. The molecule has 3 rings (SSSR count). The van der Waals surface area contributed by atoms with E-state index in [4.69, 9.17) is 0 Å². The first-order valence-electron chi connectivity index (χ1n) is 9.73. The average Bonchev–Trinajstić information content (AvgIpc) is 2.68. The van der Waals surface area contributed by atoms with Crippen LogP contribution >= 0.6 is 0 Å². The first-order chi connectivity index (χ1) is 13.4. The zero-order valence-corrected chi connectivity index (χ0v) is 17.3. The Hall–Kier alpha value is -2.34. The Kier molecular flexibility index (Phi) is 6.39. The lowest BCUT2D eigenvalue weighted by Gasteiger charge is -2.36. The van der Waals surface area contributed by atoms with E-state index in [0.717, 1.165) is 25.5 Å². The van der Waals surface area contributed by atoms with Gasteiger partial charge in [0, 0.05) is 13.1 Å². The fraction of sp³-hybridized carbons (Fsp3) is 0.409. The third kappa shape index (κ3) is 4.93. The van der Waals surface area contributed by atoms with Crippen LogP contribution in [-0.2, 0) is 21.2 Å². The molecular weight excluding hydrogens is 372 g/mol. The van der Waals surface area contributed by atoms with Gasteiger partial charge in [-0.25, -0.2) is 8.42 Å². The van der Waals surface area contributed by atoms with Crippen molar-refractivity contribution < 1.29 is 13.2 Å². The molecule has 1 saturated heterocycles. The summed E-state index contributed by atoms with van der Waals surface area (Å²) in [7, 11) is -3.57. The number of amides is 1. The molecule has 0 spiro atoms. The van der Waals surface area contributed by atoms with E-state index in [-0.39, 0.29) is 5.91 Å². The molecule has 6 heteroatoms. The number of rotatable bonds is 6. The van der Waals surface area contributed by atoms with E-state index in [1.807, 2.05) is 17.0 Å². The van der Waals surface area contributed by atoms with Crippen LogP contribution in [0.5, 0.6) is 0 Å². The van der Waals surface area contributed by atoms with Gasteiger partial charge in [0.1, 0.15) is 6.04 Å². The molecule has 1 atom stereocenters. The van der Waals surface area contributed by atoms with Gasteiger partial charge in [-0.05, 0) is 49.8 Å². The highest BCUT2D eigenvalue weighted by molar-refractivity contribution is 7.92. The maximum absolute atomic E-state index is 13.0. The van der Waals surface area contributed by atoms with Gasteiger partial charge in [0.2, 0.25) is 15.9 Å². The molecule has 1 aliphatic heterocycles. The molecular formula is C22H28N2O3S. The molecule has 0 N–H and O–H groups in total. The Morgan fingerprint density at radius 3 is 2.11 bits per heavy atom. The molecule has 28 heavy (non-hydrogen) atoms. The largest absolute Gasteiger partial charge is 0.341 e. The Morgan fingerprint density at radius 1 is 1.04 bits per heavy atom. The maximum atomic E-state index is 13.0. The van der Waals surface area contributed by atoms with Gasteiger partial charge in [-0.3, -0.25) is 9.10 Å². The van der Waals surface area contributed by atoms with Crippen molar-refractivity contribution in [2.45, 2.75) is 32.2 Å². The summed E-state index contributed by atoms with van der Waals surface area (Å²) in [5.41, 5.74) is 1.85. The van der Waals surface area contributed by atoms with E-state index in [1.165, 1.54) is 9.87 Å². The van der Waals surface area contributed by atoms with Crippen LogP contribution in [0.25, 0.3) is 0 Å². The quantitative estimate of drug-likeness (QED) is 0.747. The van der Waals surface area contributed by atoms with Crippen molar-refractivity contribution in [1.29, 1.82) is 0 Å². The van der Waals surface area contributed by atoms with Crippen LogP contribution in [0.3, 0.4) is 0 Å². The molecule has 2 aromatic rings. The number of para-hydroxylation sites is 1. The van der Waals surface area contributed by atoms with E-state index < -0.39 is 16.1 Å². The van der Waals surface area contributed by atoms with Crippen molar-refractivity contribution in [3.8, 4) is 0 Å². The first-order valence-corrected chi connectivity index (χ1v) is 11.6. The highest BCUT2D eigenvalue weighted by Crippen LogP contribution is 2.25. The normalized spacial score (nSPS) is 16.6. The summed E-state index contributed by atoms with van der Waals surface area (Å²) in [6.07, 6.45) is 4.06. The van der Waals surface area contributed by atoms with Crippen LogP contribution < -0.4 is 4.31 Å². The minimum atomic E-state index is -3.57. The van der Waals surface area contributed by atoms with Crippen molar-refractivity contribution in [3.63, 3.8) is 0 Å². The van der Waals surface area contributed by atoms with Gasteiger partial charge in [-0.2, -0.15) is 0 Å². The summed E-state index contributed by atoms with van der Waals surface area (Å²) < 4.78 is 26.0. The van der Waals surface area contributed by atoms with Crippen LogP contribution in [0.2, 0.25) is 0 Å². The molecule has 1 fully saturated rings. The zero-order chi connectivity index (χ0) is 20.1. The van der Waals surface area contributed by atoms with Crippen LogP contribution in [0, 0.1) is 5.92 Å². The fourth-order valence-corrected chi connectivity index (χ4v) is 5.12. The standard InChI is InChI=1S/C22H28N2O3S/c1-18(24(28(2,26)27)21-11-7-4-8-12-21)22(25)23-15-13-20(14-16-23)17-19-9-5-3-6-10-19/h3-12,18,20H,13-17H2,1-2H3/t18-/m0/s1. The van der Waals surface area contributed by atoms with Gasteiger partial charge >= 0.3 is 0 Å². The van der Waals surface area contributed by atoms with Crippen molar-refractivity contribution in [2.24, 2.45) is 5.92 Å². The molecule has 0 saturated carbocycles. The molecule has 2 aromatic carbocycles. The zero-order valence-electron chi connectivity index (χ0n) is 16.5. The number of hydrogen-bond acceptors (Lipinski definition) is 3. The van der Waals surface area contributed by atoms with Crippen LogP contribution in [0.15, 0.2) is 60.7 Å². The van der Waals surface area contributed by atoms with Gasteiger partial charge in [-0.15, -0.1) is 0 Å². The number of sulfonamides is 1.